The van der Waals surface area contributed by atoms with Crippen LogP contribution < -0.4 is 24.2 Å². The molecule has 1 amide bonds. The summed E-state index contributed by atoms with van der Waals surface area (Å²) in [5, 5.41) is 2.83. The van der Waals surface area contributed by atoms with Crippen LogP contribution in [0.25, 0.3) is 0 Å². The van der Waals surface area contributed by atoms with Crippen LogP contribution in [-0.4, -0.2) is 34.6 Å². The molecule has 1 saturated carbocycles. The molecular formula is C26H28N2O6S. The van der Waals surface area contributed by atoms with Crippen molar-refractivity contribution in [2.24, 2.45) is 0 Å². The lowest BCUT2D eigenvalue weighted by Gasteiger charge is -2.17. The maximum atomic E-state index is 12.8. The van der Waals surface area contributed by atoms with Crippen molar-refractivity contribution in [1.29, 1.82) is 0 Å². The molecule has 4 rings (SSSR count). The summed E-state index contributed by atoms with van der Waals surface area (Å²) in [6, 6.07) is 17.5. The van der Waals surface area contributed by atoms with Crippen molar-refractivity contribution in [2.45, 2.75) is 36.7 Å². The smallest absolute Gasteiger partial charge is 0.261 e. The zero-order valence-electron chi connectivity index (χ0n) is 19.6. The average molecular weight is 497 g/mol. The molecule has 0 bridgehead atoms. The number of carbonyl (C=O) groups excluding carboxylic acids is 1. The van der Waals surface area contributed by atoms with Crippen molar-refractivity contribution in [3.8, 4) is 17.2 Å². The van der Waals surface area contributed by atoms with Crippen LogP contribution in [0.1, 0.15) is 36.0 Å². The number of rotatable bonds is 9. The van der Waals surface area contributed by atoms with Gasteiger partial charge in [0.1, 0.15) is 5.75 Å². The van der Waals surface area contributed by atoms with Gasteiger partial charge in [-0.05, 0) is 86.3 Å². The van der Waals surface area contributed by atoms with Gasteiger partial charge in [0.05, 0.1) is 25.2 Å². The molecule has 0 atom stereocenters. The molecule has 0 aliphatic heterocycles. The molecular weight excluding hydrogens is 468 g/mol. The summed E-state index contributed by atoms with van der Waals surface area (Å²) in [5.74, 6) is 1.45. The van der Waals surface area contributed by atoms with Crippen molar-refractivity contribution in [3.63, 3.8) is 0 Å². The van der Waals surface area contributed by atoms with Crippen LogP contribution in [0.2, 0.25) is 0 Å². The maximum absolute atomic E-state index is 12.8. The molecule has 0 spiro atoms. The third-order valence-corrected chi connectivity index (χ3v) is 7.18. The van der Waals surface area contributed by atoms with Crippen LogP contribution >= 0.6 is 0 Å². The highest BCUT2D eigenvalue weighted by molar-refractivity contribution is 7.92. The number of benzene rings is 3. The minimum atomic E-state index is -3.81. The molecule has 2 N–H and O–H groups in total. The number of carbonyl (C=O) groups is 1. The Morgan fingerprint density at radius 2 is 1.49 bits per heavy atom. The summed E-state index contributed by atoms with van der Waals surface area (Å²) >= 11 is 0. The SMILES string of the molecule is COc1ccc(NS(=O)(=O)c2ccc(C(=O)Nc3ccc(OC)c(OC4CCCC4)c3)cc2)cc1. The van der Waals surface area contributed by atoms with E-state index < -0.39 is 10.0 Å². The minimum absolute atomic E-state index is 0.0431. The van der Waals surface area contributed by atoms with Gasteiger partial charge in [-0.1, -0.05) is 0 Å². The number of nitrogens with one attached hydrogen (secondary N) is 2. The fraction of sp³-hybridized carbons (Fsp3) is 0.269. The van der Waals surface area contributed by atoms with Crippen LogP contribution in [0.4, 0.5) is 11.4 Å². The lowest BCUT2D eigenvalue weighted by molar-refractivity contribution is 0.102. The summed E-state index contributed by atoms with van der Waals surface area (Å²) in [6.07, 6.45) is 4.44. The molecule has 8 nitrogen and oxygen atoms in total. The molecule has 184 valence electrons. The Balaban J connectivity index is 1.43. The van der Waals surface area contributed by atoms with E-state index in [-0.39, 0.29) is 16.9 Å². The molecule has 3 aromatic carbocycles. The van der Waals surface area contributed by atoms with Crippen LogP contribution in [-0.2, 0) is 10.0 Å². The summed E-state index contributed by atoms with van der Waals surface area (Å²) in [6.45, 7) is 0. The van der Waals surface area contributed by atoms with Crippen molar-refractivity contribution in [1.82, 2.24) is 0 Å². The van der Waals surface area contributed by atoms with Gasteiger partial charge in [0.25, 0.3) is 15.9 Å². The van der Waals surface area contributed by atoms with E-state index in [4.69, 9.17) is 14.2 Å². The summed E-state index contributed by atoms with van der Waals surface area (Å²) < 4.78 is 44.5. The highest BCUT2D eigenvalue weighted by Crippen LogP contribution is 2.34. The molecule has 0 heterocycles. The number of hydrogen-bond donors (Lipinski definition) is 2. The van der Waals surface area contributed by atoms with Gasteiger partial charge in [-0.2, -0.15) is 0 Å². The Bertz CT molecular complexity index is 1270. The lowest BCUT2D eigenvalue weighted by atomic mass is 10.2. The third-order valence-electron chi connectivity index (χ3n) is 5.79. The highest BCUT2D eigenvalue weighted by atomic mass is 32.2. The Labute approximate surface area is 205 Å². The molecule has 35 heavy (non-hydrogen) atoms. The molecule has 0 radical (unpaired) electrons. The van der Waals surface area contributed by atoms with Gasteiger partial charge in [-0.3, -0.25) is 9.52 Å². The van der Waals surface area contributed by atoms with Gasteiger partial charge < -0.3 is 19.5 Å². The van der Waals surface area contributed by atoms with Crippen LogP contribution in [0.3, 0.4) is 0 Å². The number of methoxy groups -OCH3 is 2. The molecule has 9 heteroatoms. The van der Waals surface area contributed by atoms with E-state index in [9.17, 15) is 13.2 Å². The number of amides is 1. The maximum Gasteiger partial charge on any atom is 0.261 e. The second-order valence-corrected chi connectivity index (χ2v) is 9.88. The molecule has 1 fully saturated rings. The zero-order valence-corrected chi connectivity index (χ0v) is 20.4. The standard InChI is InChI=1S/C26H28N2O6S/c1-32-21-12-9-19(10-13-21)28-35(30,31)23-14-7-18(8-15-23)26(29)27-20-11-16-24(33-2)25(17-20)34-22-5-3-4-6-22/h7-17,22,28H,3-6H2,1-2H3,(H,27,29). The van der Waals surface area contributed by atoms with Gasteiger partial charge in [0, 0.05) is 23.0 Å². The fourth-order valence-corrected chi connectivity index (χ4v) is 4.95. The molecule has 3 aromatic rings. The number of ether oxygens (including phenoxy) is 3. The summed E-state index contributed by atoms with van der Waals surface area (Å²) in [4.78, 5) is 12.8. The molecule has 1 aliphatic rings. The van der Waals surface area contributed by atoms with Gasteiger partial charge >= 0.3 is 0 Å². The largest absolute Gasteiger partial charge is 0.497 e. The first-order valence-corrected chi connectivity index (χ1v) is 12.8. The van der Waals surface area contributed by atoms with Crippen LogP contribution in [0.15, 0.2) is 71.6 Å². The van der Waals surface area contributed by atoms with E-state index in [2.05, 4.69) is 10.0 Å². The predicted octanol–water partition coefficient (Wildman–Crippen LogP) is 5.08. The number of anilines is 2. The van der Waals surface area contributed by atoms with E-state index in [1.165, 1.54) is 31.4 Å². The Morgan fingerprint density at radius 1 is 0.829 bits per heavy atom. The quantitative estimate of drug-likeness (QED) is 0.428. The zero-order chi connectivity index (χ0) is 24.8. The van der Waals surface area contributed by atoms with E-state index in [0.717, 1.165) is 25.7 Å². The lowest BCUT2D eigenvalue weighted by Crippen LogP contribution is -2.15. The summed E-state index contributed by atoms with van der Waals surface area (Å²) in [5.41, 5.74) is 1.28. The summed E-state index contributed by atoms with van der Waals surface area (Å²) in [7, 11) is -0.698. The second kappa shape index (κ2) is 10.7. The topological polar surface area (TPSA) is 103 Å². The first-order valence-electron chi connectivity index (χ1n) is 11.3. The highest BCUT2D eigenvalue weighted by Gasteiger charge is 2.19. The van der Waals surface area contributed by atoms with Crippen molar-refractivity contribution in [3.05, 3.63) is 72.3 Å². The van der Waals surface area contributed by atoms with Gasteiger partial charge in [0.15, 0.2) is 11.5 Å². The van der Waals surface area contributed by atoms with E-state index >= 15 is 0 Å². The number of sulfonamides is 1. The number of hydrogen-bond acceptors (Lipinski definition) is 6. The van der Waals surface area contributed by atoms with Gasteiger partial charge in [-0.15, -0.1) is 0 Å². The minimum Gasteiger partial charge on any atom is -0.497 e. The Kier molecular flexibility index (Phi) is 7.45. The van der Waals surface area contributed by atoms with Crippen molar-refractivity contribution >= 4 is 27.3 Å². The monoisotopic (exact) mass is 496 g/mol. The fourth-order valence-electron chi connectivity index (χ4n) is 3.89. The third kappa shape index (κ3) is 6.05. The molecule has 0 aromatic heterocycles. The van der Waals surface area contributed by atoms with E-state index in [1.807, 2.05) is 0 Å². The first-order chi connectivity index (χ1) is 16.9. The Morgan fingerprint density at radius 3 is 2.11 bits per heavy atom. The molecule has 0 saturated heterocycles. The second-order valence-electron chi connectivity index (χ2n) is 8.20. The first kappa shape index (κ1) is 24.4. The normalized spacial score (nSPS) is 13.8. The van der Waals surface area contributed by atoms with E-state index in [1.54, 1.807) is 49.6 Å². The molecule has 0 unspecified atom stereocenters. The van der Waals surface area contributed by atoms with Crippen molar-refractivity contribution in [2.75, 3.05) is 24.3 Å². The van der Waals surface area contributed by atoms with E-state index in [0.29, 0.717) is 34.2 Å². The van der Waals surface area contributed by atoms with Crippen molar-refractivity contribution < 1.29 is 27.4 Å². The van der Waals surface area contributed by atoms with Crippen LogP contribution in [0.5, 0.6) is 17.2 Å². The predicted molar refractivity (Wildman–Crippen MR) is 134 cm³/mol. The van der Waals surface area contributed by atoms with Gasteiger partial charge in [-0.25, -0.2) is 8.42 Å². The average Bonchev–Trinajstić information content (AvgIpc) is 3.38. The molecule has 1 aliphatic carbocycles. The van der Waals surface area contributed by atoms with Gasteiger partial charge in [0.2, 0.25) is 0 Å². The van der Waals surface area contributed by atoms with Crippen LogP contribution in [0, 0.1) is 0 Å². The Hall–Kier alpha value is -3.72.